The predicted molar refractivity (Wildman–Crippen MR) is 135 cm³/mol. The van der Waals surface area contributed by atoms with E-state index in [0.29, 0.717) is 34.2 Å². The second kappa shape index (κ2) is 12.1. The lowest BCUT2D eigenvalue weighted by Gasteiger charge is -2.49. The molecule has 2 atom stereocenters. The van der Waals surface area contributed by atoms with Gasteiger partial charge < -0.3 is 20.6 Å². The molecule has 2 aliphatic rings. The zero-order chi connectivity index (χ0) is 26.4. The molecule has 4 rings (SSSR count). The molecule has 0 bridgehead atoms. The van der Waals surface area contributed by atoms with E-state index in [-0.39, 0.29) is 29.7 Å². The molecule has 3 N–H and O–H groups in total. The van der Waals surface area contributed by atoms with Gasteiger partial charge in [0.05, 0.1) is 0 Å². The summed E-state index contributed by atoms with van der Waals surface area (Å²) < 4.78 is 0.691. The summed E-state index contributed by atoms with van der Waals surface area (Å²) in [5, 5.41) is 25.7. The van der Waals surface area contributed by atoms with Crippen LogP contribution < -0.4 is 10.6 Å². The molecule has 37 heavy (non-hydrogen) atoms. The van der Waals surface area contributed by atoms with Gasteiger partial charge >= 0.3 is 5.97 Å². The average molecular weight is 565 g/mol. The van der Waals surface area contributed by atoms with Crippen LogP contribution >= 0.6 is 34.9 Å². The Labute approximate surface area is 222 Å². The molecule has 4 heterocycles. The van der Waals surface area contributed by atoms with Gasteiger partial charge in [0.15, 0.2) is 10.2 Å². The molecule has 194 valence electrons. The third kappa shape index (κ3) is 5.89. The Morgan fingerprint density at radius 3 is 2.97 bits per heavy atom. The predicted octanol–water partition coefficient (Wildman–Crippen LogP) is 0.558. The third-order valence-electron chi connectivity index (χ3n) is 4.99. The van der Waals surface area contributed by atoms with Gasteiger partial charge in [0.1, 0.15) is 35.0 Å². The van der Waals surface area contributed by atoms with Crippen molar-refractivity contribution in [3.63, 3.8) is 0 Å². The van der Waals surface area contributed by atoms with Crippen LogP contribution in [0, 0.1) is 0 Å². The number of thioether (sulfide) groups is 2. The van der Waals surface area contributed by atoms with Crippen molar-refractivity contribution in [1.29, 1.82) is 0 Å². The van der Waals surface area contributed by atoms with Crippen LogP contribution in [0.15, 0.2) is 38.5 Å². The van der Waals surface area contributed by atoms with Gasteiger partial charge in [-0.2, -0.15) is 0 Å². The highest BCUT2D eigenvalue weighted by molar-refractivity contribution is 8.01. The van der Waals surface area contributed by atoms with Crippen LogP contribution in [0.2, 0.25) is 0 Å². The van der Waals surface area contributed by atoms with Crippen molar-refractivity contribution in [2.24, 2.45) is 5.16 Å². The molecule has 1 unspecified atom stereocenters. The molecule has 3 amide bonds. The van der Waals surface area contributed by atoms with Crippen LogP contribution in [-0.4, -0.2) is 89.6 Å². The number of aliphatic carboxylic acids is 1. The summed E-state index contributed by atoms with van der Waals surface area (Å²) in [6, 6.07) is 0.435. The highest BCUT2D eigenvalue weighted by Crippen LogP contribution is 2.41. The number of nitrogens with one attached hydrogen (secondary N) is 2. The molecule has 0 aromatic carbocycles. The number of hydrogen-bond donors (Lipinski definition) is 3. The largest absolute Gasteiger partial charge is 0.477 e. The van der Waals surface area contributed by atoms with Crippen LogP contribution in [0.1, 0.15) is 19.2 Å². The van der Waals surface area contributed by atoms with Gasteiger partial charge in [0.2, 0.25) is 12.1 Å². The fraction of sp³-hybridized carbons (Fsp3) is 0.350. The van der Waals surface area contributed by atoms with Gasteiger partial charge in [-0.25, -0.2) is 14.8 Å². The van der Waals surface area contributed by atoms with Crippen molar-refractivity contribution >= 4 is 70.6 Å². The number of β-lactam (4-membered cyclic amide) rings is 1. The summed E-state index contributed by atoms with van der Waals surface area (Å²) in [7, 11) is 0. The van der Waals surface area contributed by atoms with E-state index in [9.17, 15) is 24.3 Å². The maximum atomic E-state index is 13.1. The number of amides is 3. The minimum Gasteiger partial charge on any atom is -0.477 e. The Balaban J connectivity index is 1.51. The number of anilines is 1. The van der Waals surface area contributed by atoms with Gasteiger partial charge in [-0.05, 0) is 18.1 Å². The molecule has 2 aromatic heterocycles. The van der Waals surface area contributed by atoms with Gasteiger partial charge in [-0.15, -0.1) is 22.0 Å². The zero-order valence-electron chi connectivity index (χ0n) is 19.2. The number of fused-ring (bicyclic) bond motifs is 1. The standard InChI is InChI=1S/C20H20N8O6S3/c1-2-5-34-27-12(15-21-4-3-11(24-15)22-8-29)16(30)25-13-17(31)28-14(19(32)33)10(6-35-18(13)28)7-36-20-26-23-9-37-20/h3-4,8-9,13,18H,2,5-7H2,1H3,(H,25,30)(H,32,33)(H,21,22,24,29)/t13?,18-/m1/s1. The van der Waals surface area contributed by atoms with E-state index in [4.69, 9.17) is 4.84 Å². The quantitative estimate of drug-likeness (QED) is 0.0812. The van der Waals surface area contributed by atoms with Crippen LogP contribution in [0.4, 0.5) is 5.82 Å². The fourth-order valence-corrected chi connectivity index (χ4v) is 6.35. The van der Waals surface area contributed by atoms with E-state index in [1.165, 1.54) is 52.0 Å². The number of carboxylic acid groups (broad SMARTS) is 1. The van der Waals surface area contributed by atoms with Crippen molar-refractivity contribution < 1.29 is 29.1 Å². The first kappa shape index (κ1) is 26.5. The topological polar surface area (TPSA) is 189 Å². The molecule has 0 radical (unpaired) electrons. The Morgan fingerprint density at radius 2 is 2.27 bits per heavy atom. The SMILES string of the molecule is CCCON=C(C(=O)NC1C(=O)N2C(C(=O)O)=C(CSc3nncs3)CS[C@H]12)c1nccc(NC=O)n1. The number of carbonyl (C=O) groups is 4. The molecule has 0 aliphatic carbocycles. The Hall–Kier alpha value is -3.57. The number of carboxylic acids is 1. The van der Waals surface area contributed by atoms with Crippen molar-refractivity contribution in [3.8, 4) is 0 Å². The molecule has 14 nitrogen and oxygen atoms in total. The van der Waals surface area contributed by atoms with Crippen molar-refractivity contribution in [2.45, 2.75) is 29.1 Å². The lowest BCUT2D eigenvalue weighted by Crippen LogP contribution is -2.71. The lowest BCUT2D eigenvalue weighted by atomic mass is 10.0. The summed E-state index contributed by atoms with van der Waals surface area (Å²) in [4.78, 5) is 63.4. The van der Waals surface area contributed by atoms with Crippen molar-refractivity contribution in [3.05, 3.63) is 34.9 Å². The summed E-state index contributed by atoms with van der Waals surface area (Å²) in [5.74, 6) is -1.85. The van der Waals surface area contributed by atoms with E-state index in [1.54, 1.807) is 5.51 Å². The fourth-order valence-electron chi connectivity index (χ4n) is 3.38. The summed E-state index contributed by atoms with van der Waals surface area (Å²) in [5.41, 5.74) is 1.78. The summed E-state index contributed by atoms with van der Waals surface area (Å²) >= 11 is 4.02. The number of nitrogens with zero attached hydrogens (tertiary/aromatic N) is 6. The van der Waals surface area contributed by atoms with Gasteiger partial charge in [-0.1, -0.05) is 35.2 Å². The van der Waals surface area contributed by atoms with Crippen LogP contribution in [-0.2, 0) is 24.0 Å². The molecule has 1 fully saturated rings. The summed E-state index contributed by atoms with van der Waals surface area (Å²) in [6.45, 7) is 2.08. The molecule has 2 aliphatic heterocycles. The molecule has 0 spiro atoms. The maximum absolute atomic E-state index is 13.1. The molecule has 1 saturated heterocycles. The normalized spacial score (nSPS) is 19.1. The smallest absolute Gasteiger partial charge is 0.352 e. The number of hydrogen-bond acceptors (Lipinski definition) is 13. The second-order valence-corrected chi connectivity index (χ2v) is 10.6. The van der Waals surface area contributed by atoms with E-state index < -0.39 is 29.2 Å². The van der Waals surface area contributed by atoms with Crippen LogP contribution in [0.25, 0.3) is 0 Å². The third-order valence-corrected chi connectivity index (χ3v) is 8.27. The first-order chi connectivity index (χ1) is 17.9. The van der Waals surface area contributed by atoms with Gasteiger partial charge in [-0.3, -0.25) is 19.3 Å². The zero-order valence-corrected chi connectivity index (χ0v) is 21.6. The minimum atomic E-state index is -1.22. The minimum absolute atomic E-state index is 0.0904. The molecule has 2 aromatic rings. The van der Waals surface area contributed by atoms with Gasteiger partial charge in [0, 0.05) is 17.7 Å². The molecular weight excluding hydrogens is 544 g/mol. The Kier molecular flexibility index (Phi) is 8.67. The number of carbonyl (C=O) groups excluding carboxylic acids is 3. The maximum Gasteiger partial charge on any atom is 0.352 e. The van der Waals surface area contributed by atoms with Crippen LogP contribution in [0.3, 0.4) is 0 Å². The number of aromatic nitrogens is 4. The first-order valence-electron chi connectivity index (χ1n) is 10.8. The first-order valence-corrected chi connectivity index (χ1v) is 13.7. The lowest BCUT2D eigenvalue weighted by molar-refractivity contribution is -0.150. The summed E-state index contributed by atoms with van der Waals surface area (Å²) in [6.07, 6.45) is 2.38. The van der Waals surface area contributed by atoms with E-state index >= 15 is 0 Å². The Morgan fingerprint density at radius 1 is 1.43 bits per heavy atom. The van der Waals surface area contributed by atoms with Gasteiger partial charge in [0.25, 0.3) is 11.8 Å². The van der Waals surface area contributed by atoms with E-state index in [0.717, 1.165) is 0 Å². The average Bonchev–Trinajstić information content (AvgIpc) is 3.42. The number of rotatable bonds is 12. The van der Waals surface area contributed by atoms with Crippen molar-refractivity contribution in [1.82, 2.24) is 30.4 Å². The molecule has 0 saturated carbocycles. The Bertz CT molecular complexity index is 1250. The second-order valence-electron chi connectivity index (χ2n) is 7.41. The monoisotopic (exact) mass is 564 g/mol. The highest BCUT2D eigenvalue weighted by Gasteiger charge is 2.54. The molecule has 17 heteroatoms. The van der Waals surface area contributed by atoms with E-state index in [1.807, 2.05) is 6.92 Å². The number of oxime groups is 1. The molecular formula is C20H20N8O6S3. The van der Waals surface area contributed by atoms with Crippen LogP contribution in [0.5, 0.6) is 0 Å². The highest BCUT2D eigenvalue weighted by atomic mass is 32.2. The van der Waals surface area contributed by atoms with Crippen molar-refractivity contribution in [2.75, 3.05) is 23.4 Å². The van der Waals surface area contributed by atoms with E-state index in [2.05, 4.69) is 36.0 Å².